The molecule has 0 radical (unpaired) electrons. The van der Waals surface area contributed by atoms with Gasteiger partial charge in [-0.2, -0.15) is 18.3 Å². The van der Waals surface area contributed by atoms with Crippen LogP contribution >= 0.6 is 11.3 Å². The molecule has 1 N–H and O–H groups in total. The highest BCUT2D eigenvalue weighted by Crippen LogP contribution is 2.51. The van der Waals surface area contributed by atoms with E-state index >= 15 is 0 Å². The molecule has 148 valence electrons. The molecule has 2 aromatic heterocycles. The lowest BCUT2D eigenvalue weighted by Crippen LogP contribution is -2.50. The number of hydrogen-bond donors (Lipinski definition) is 1. The number of aliphatic hydroxyl groups is 1. The van der Waals surface area contributed by atoms with E-state index < -0.39 is 22.8 Å². The van der Waals surface area contributed by atoms with E-state index in [1.54, 1.807) is 4.68 Å². The van der Waals surface area contributed by atoms with E-state index in [2.05, 4.69) is 16.9 Å². The van der Waals surface area contributed by atoms with Gasteiger partial charge >= 0.3 is 6.18 Å². The third kappa shape index (κ3) is 3.41. The van der Waals surface area contributed by atoms with Gasteiger partial charge in [-0.3, -0.25) is 9.58 Å². The molecule has 0 bridgehead atoms. The van der Waals surface area contributed by atoms with Gasteiger partial charge in [-0.1, -0.05) is 0 Å². The molecule has 3 atom stereocenters. The minimum atomic E-state index is -4.41. The molecule has 0 saturated carbocycles. The SMILES string of the molecule is C[C@H]1CC2(CCN1Cc1cnn(C)c1)OCC(O)c1sc(C(F)(F)F)cc12. The first-order valence-corrected chi connectivity index (χ1v) is 9.74. The number of alkyl halides is 3. The van der Waals surface area contributed by atoms with Gasteiger partial charge in [-0.15, -0.1) is 11.3 Å². The molecule has 9 heteroatoms. The first kappa shape index (κ1) is 18.9. The van der Waals surface area contributed by atoms with Crippen LogP contribution in [0.15, 0.2) is 18.5 Å². The molecule has 27 heavy (non-hydrogen) atoms. The largest absolute Gasteiger partial charge is 0.425 e. The Labute approximate surface area is 159 Å². The van der Waals surface area contributed by atoms with Crippen LogP contribution in [0.25, 0.3) is 0 Å². The molecule has 5 nitrogen and oxygen atoms in total. The topological polar surface area (TPSA) is 50.5 Å². The fourth-order valence-electron chi connectivity index (χ4n) is 4.19. The summed E-state index contributed by atoms with van der Waals surface area (Å²) in [6.45, 7) is 3.57. The van der Waals surface area contributed by atoms with Crippen LogP contribution in [0, 0.1) is 0 Å². The van der Waals surface area contributed by atoms with Crippen molar-refractivity contribution in [2.45, 2.75) is 50.2 Å². The third-order valence-electron chi connectivity index (χ3n) is 5.55. The molecule has 2 aromatic rings. The highest BCUT2D eigenvalue weighted by molar-refractivity contribution is 7.12. The molecule has 1 saturated heterocycles. The maximum Gasteiger partial charge on any atom is 0.425 e. The lowest BCUT2D eigenvalue weighted by atomic mass is 9.79. The minimum absolute atomic E-state index is 0.0418. The zero-order valence-corrected chi connectivity index (χ0v) is 16.0. The number of aliphatic hydroxyl groups excluding tert-OH is 1. The highest BCUT2D eigenvalue weighted by atomic mass is 32.1. The number of ether oxygens (including phenoxy) is 1. The zero-order valence-electron chi connectivity index (χ0n) is 15.2. The second-order valence-corrected chi connectivity index (χ2v) is 8.59. The van der Waals surface area contributed by atoms with Crippen LogP contribution in [0.4, 0.5) is 13.2 Å². The van der Waals surface area contributed by atoms with Crippen LogP contribution in [0.5, 0.6) is 0 Å². The fraction of sp³-hybridized carbons (Fsp3) is 0.611. The first-order valence-electron chi connectivity index (χ1n) is 8.93. The van der Waals surface area contributed by atoms with E-state index in [9.17, 15) is 18.3 Å². The molecule has 2 aliphatic rings. The van der Waals surface area contributed by atoms with Crippen LogP contribution < -0.4 is 0 Å². The van der Waals surface area contributed by atoms with Crippen molar-refractivity contribution in [1.82, 2.24) is 14.7 Å². The zero-order chi connectivity index (χ0) is 19.4. The van der Waals surface area contributed by atoms with E-state index in [0.29, 0.717) is 41.2 Å². The highest BCUT2D eigenvalue weighted by Gasteiger charge is 2.48. The van der Waals surface area contributed by atoms with Crippen molar-refractivity contribution < 1.29 is 23.0 Å². The maximum atomic E-state index is 13.2. The number of halogens is 3. The van der Waals surface area contributed by atoms with Gasteiger partial charge in [0.1, 0.15) is 11.0 Å². The average molecular weight is 401 g/mol. The van der Waals surface area contributed by atoms with Crippen molar-refractivity contribution in [1.29, 1.82) is 0 Å². The predicted molar refractivity (Wildman–Crippen MR) is 94.2 cm³/mol. The van der Waals surface area contributed by atoms with Crippen LogP contribution in [0.3, 0.4) is 0 Å². The smallest absolute Gasteiger partial charge is 0.385 e. The second kappa shape index (κ2) is 6.58. The van der Waals surface area contributed by atoms with Crippen LogP contribution in [0.2, 0.25) is 0 Å². The minimum Gasteiger partial charge on any atom is -0.385 e. The van der Waals surface area contributed by atoms with E-state index in [0.717, 1.165) is 12.1 Å². The molecule has 0 amide bonds. The molecule has 1 fully saturated rings. The van der Waals surface area contributed by atoms with Gasteiger partial charge in [0.2, 0.25) is 0 Å². The molecular formula is C18H22F3N3O2S. The Kier molecular flexibility index (Phi) is 4.61. The summed E-state index contributed by atoms with van der Waals surface area (Å²) in [5.41, 5.74) is 0.877. The van der Waals surface area contributed by atoms with Gasteiger partial charge in [0.15, 0.2) is 0 Å². The summed E-state index contributed by atoms with van der Waals surface area (Å²) in [6, 6.07) is 1.32. The summed E-state index contributed by atoms with van der Waals surface area (Å²) in [5.74, 6) is 0. The van der Waals surface area contributed by atoms with E-state index in [4.69, 9.17) is 4.74 Å². The summed E-state index contributed by atoms with van der Waals surface area (Å²) in [5, 5.41) is 14.4. The number of aryl methyl sites for hydroxylation is 1. The quantitative estimate of drug-likeness (QED) is 0.838. The van der Waals surface area contributed by atoms with Crippen molar-refractivity contribution in [3.05, 3.63) is 39.3 Å². The van der Waals surface area contributed by atoms with Crippen LogP contribution in [0.1, 0.15) is 46.8 Å². The molecule has 1 spiro atoms. The predicted octanol–water partition coefficient (Wildman–Crippen LogP) is 3.44. The Morgan fingerprint density at radius 3 is 2.85 bits per heavy atom. The maximum absolute atomic E-state index is 13.2. The Bertz CT molecular complexity index is 834. The van der Waals surface area contributed by atoms with Crippen molar-refractivity contribution >= 4 is 11.3 Å². The van der Waals surface area contributed by atoms with Gasteiger partial charge in [0.05, 0.1) is 18.4 Å². The van der Waals surface area contributed by atoms with Gasteiger partial charge in [0, 0.05) is 48.4 Å². The van der Waals surface area contributed by atoms with E-state index in [1.165, 1.54) is 6.07 Å². The van der Waals surface area contributed by atoms with Crippen molar-refractivity contribution in [2.24, 2.45) is 7.05 Å². The van der Waals surface area contributed by atoms with Gasteiger partial charge in [-0.05, 0) is 25.8 Å². The summed E-state index contributed by atoms with van der Waals surface area (Å²) in [6.07, 6.45) is -0.397. The number of nitrogens with zero attached hydrogens (tertiary/aromatic N) is 3. The Morgan fingerprint density at radius 2 is 2.22 bits per heavy atom. The van der Waals surface area contributed by atoms with Gasteiger partial charge in [-0.25, -0.2) is 0 Å². The molecule has 0 aliphatic carbocycles. The molecule has 0 aromatic carbocycles. The van der Waals surface area contributed by atoms with Crippen molar-refractivity contribution in [3.63, 3.8) is 0 Å². The molecule has 2 aliphatic heterocycles. The molecule has 4 rings (SSSR count). The summed E-state index contributed by atoms with van der Waals surface area (Å²) >= 11 is 0.646. The van der Waals surface area contributed by atoms with Crippen molar-refractivity contribution in [3.8, 4) is 0 Å². The number of likely N-dealkylation sites (tertiary alicyclic amines) is 1. The van der Waals surface area contributed by atoms with Crippen LogP contribution in [-0.4, -0.2) is 39.0 Å². The number of aromatic nitrogens is 2. The summed E-state index contributed by atoms with van der Waals surface area (Å²) < 4.78 is 47.4. The van der Waals surface area contributed by atoms with Crippen LogP contribution in [-0.2, 0) is 30.1 Å². The summed E-state index contributed by atoms with van der Waals surface area (Å²) in [4.78, 5) is 2.04. The first-order chi connectivity index (χ1) is 12.7. The number of piperidine rings is 1. The van der Waals surface area contributed by atoms with Gasteiger partial charge in [0.25, 0.3) is 0 Å². The standard InChI is InChI=1S/C18H22F3N3O2S/c1-11-6-17(3-4-24(11)9-12-7-22-23(2)8-12)13-5-15(18(19,20)21)27-16(13)14(25)10-26-17/h5,7-8,11,14,25H,3-4,6,9-10H2,1-2H3/t11-,14?,17?/m0/s1. The molecular weight excluding hydrogens is 379 g/mol. The number of rotatable bonds is 2. The molecule has 2 unspecified atom stereocenters. The Morgan fingerprint density at radius 1 is 1.44 bits per heavy atom. The number of fused-ring (bicyclic) bond motifs is 2. The fourth-order valence-corrected chi connectivity index (χ4v) is 5.28. The Hall–Kier alpha value is -1.42. The second-order valence-electron chi connectivity index (χ2n) is 7.50. The number of thiophene rings is 1. The third-order valence-corrected chi connectivity index (χ3v) is 6.83. The Balaban J connectivity index is 1.58. The van der Waals surface area contributed by atoms with Gasteiger partial charge < -0.3 is 9.84 Å². The number of hydrogen-bond acceptors (Lipinski definition) is 5. The van der Waals surface area contributed by atoms with Crippen molar-refractivity contribution in [2.75, 3.05) is 13.2 Å². The van der Waals surface area contributed by atoms with E-state index in [-0.39, 0.29) is 12.6 Å². The average Bonchev–Trinajstić information content (AvgIpc) is 3.21. The molecule has 4 heterocycles. The summed E-state index contributed by atoms with van der Waals surface area (Å²) in [7, 11) is 1.87. The lowest BCUT2D eigenvalue weighted by molar-refractivity contribution is -0.141. The van der Waals surface area contributed by atoms with E-state index in [1.807, 2.05) is 19.4 Å². The lowest BCUT2D eigenvalue weighted by Gasteiger charge is -2.48. The monoisotopic (exact) mass is 401 g/mol. The normalized spacial score (nSPS) is 29.3.